The zero-order valence-corrected chi connectivity index (χ0v) is 11.3. The summed E-state index contributed by atoms with van der Waals surface area (Å²) in [5.41, 5.74) is 6.12. The third-order valence-corrected chi connectivity index (χ3v) is 4.60. The van der Waals surface area contributed by atoms with Crippen molar-refractivity contribution in [2.75, 3.05) is 12.0 Å². The number of rotatable bonds is 5. The quantitative estimate of drug-likeness (QED) is 0.896. The second kappa shape index (κ2) is 4.55. The monoisotopic (exact) mass is 269 g/mol. The van der Waals surface area contributed by atoms with Gasteiger partial charge >= 0.3 is 0 Å². The van der Waals surface area contributed by atoms with Crippen LogP contribution in [0.5, 0.6) is 0 Å². The average Bonchev–Trinajstić information content (AvgIpc) is 2.95. The van der Waals surface area contributed by atoms with Crippen LogP contribution in [0.2, 0.25) is 0 Å². The molecule has 1 fully saturated rings. The zero-order chi connectivity index (χ0) is 11.8. The lowest BCUT2D eigenvalue weighted by Crippen LogP contribution is -2.11. The minimum Gasteiger partial charge on any atom is -0.322 e. The van der Waals surface area contributed by atoms with Gasteiger partial charge in [-0.2, -0.15) is 21.4 Å². The molecule has 0 amide bonds. The number of hydrogen-bond donors (Lipinski definition) is 1. The number of aromatic nitrogens is 4. The molecule has 0 saturated heterocycles. The summed E-state index contributed by atoms with van der Waals surface area (Å²) >= 11 is 3.38. The van der Waals surface area contributed by atoms with Crippen molar-refractivity contribution in [3.63, 3.8) is 0 Å². The molecule has 2 aromatic rings. The van der Waals surface area contributed by atoms with Gasteiger partial charge in [0, 0.05) is 5.92 Å². The van der Waals surface area contributed by atoms with E-state index in [1.807, 2.05) is 16.3 Å². The van der Waals surface area contributed by atoms with E-state index >= 15 is 0 Å². The summed E-state index contributed by atoms with van der Waals surface area (Å²) in [5, 5.41) is 13.9. The Labute approximate surface area is 108 Å². The van der Waals surface area contributed by atoms with Crippen molar-refractivity contribution in [3.05, 3.63) is 10.8 Å². The first-order valence-corrected chi connectivity index (χ1v) is 7.97. The Morgan fingerprint density at radius 2 is 2.35 bits per heavy atom. The van der Waals surface area contributed by atoms with E-state index in [1.54, 1.807) is 11.3 Å². The fraction of sp³-hybridized carbons (Fsp3) is 0.700. The van der Waals surface area contributed by atoms with Crippen LogP contribution in [-0.2, 0) is 0 Å². The SMILES string of the molecule is CSCCC(N)c1nn2c(C3CC3)nnc2s1. The highest BCUT2D eigenvalue weighted by atomic mass is 32.2. The number of nitrogens with zero attached hydrogens (tertiary/aromatic N) is 4. The maximum Gasteiger partial charge on any atom is 0.234 e. The molecule has 1 unspecified atom stereocenters. The van der Waals surface area contributed by atoms with Gasteiger partial charge in [0.25, 0.3) is 0 Å². The Morgan fingerprint density at radius 1 is 1.53 bits per heavy atom. The molecule has 1 saturated carbocycles. The van der Waals surface area contributed by atoms with Crippen LogP contribution in [0.15, 0.2) is 0 Å². The van der Waals surface area contributed by atoms with E-state index in [-0.39, 0.29) is 6.04 Å². The van der Waals surface area contributed by atoms with Gasteiger partial charge in [0.15, 0.2) is 5.82 Å². The molecule has 17 heavy (non-hydrogen) atoms. The smallest absolute Gasteiger partial charge is 0.234 e. The minimum atomic E-state index is 0.0289. The normalized spacial score (nSPS) is 17.8. The third-order valence-electron chi connectivity index (χ3n) is 2.92. The lowest BCUT2D eigenvalue weighted by Gasteiger charge is -2.05. The Hall–Kier alpha value is -0.660. The predicted octanol–water partition coefficient (Wildman–Crippen LogP) is 1.82. The van der Waals surface area contributed by atoms with Gasteiger partial charge in [-0.05, 0) is 31.3 Å². The molecule has 2 aromatic heterocycles. The molecule has 92 valence electrons. The summed E-state index contributed by atoms with van der Waals surface area (Å²) < 4.78 is 1.89. The number of fused-ring (bicyclic) bond motifs is 1. The van der Waals surface area contributed by atoms with Gasteiger partial charge in [-0.15, -0.1) is 10.2 Å². The van der Waals surface area contributed by atoms with E-state index in [9.17, 15) is 0 Å². The summed E-state index contributed by atoms with van der Waals surface area (Å²) in [4.78, 5) is 0.876. The summed E-state index contributed by atoms with van der Waals surface area (Å²) in [6.07, 6.45) is 5.49. The van der Waals surface area contributed by atoms with Crippen LogP contribution >= 0.6 is 23.1 Å². The molecule has 0 radical (unpaired) electrons. The number of hydrogen-bond acceptors (Lipinski definition) is 6. The van der Waals surface area contributed by atoms with Crippen molar-refractivity contribution < 1.29 is 0 Å². The molecule has 2 N–H and O–H groups in total. The lowest BCUT2D eigenvalue weighted by molar-refractivity contribution is 0.674. The summed E-state index contributed by atoms with van der Waals surface area (Å²) in [5.74, 6) is 2.65. The standard InChI is InChI=1S/C10H15N5S2/c1-16-5-4-7(11)9-14-15-8(6-2-3-6)12-13-10(15)17-9/h6-7H,2-5,11H2,1H3. The summed E-state index contributed by atoms with van der Waals surface area (Å²) in [6, 6.07) is 0.0289. The second-order valence-electron chi connectivity index (χ2n) is 4.36. The topological polar surface area (TPSA) is 69.1 Å². The van der Waals surface area contributed by atoms with Gasteiger partial charge in [0.2, 0.25) is 4.96 Å². The van der Waals surface area contributed by atoms with Crippen LogP contribution in [0.1, 0.15) is 42.1 Å². The van der Waals surface area contributed by atoms with Gasteiger partial charge in [-0.1, -0.05) is 11.3 Å². The molecule has 1 aliphatic carbocycles. The molecule has 1 atom stereocenters. The number of thioether (sulfide) groups is 1. The second-order valence-corrected chi connectivity index (χ2v) is 6.33. The van der Waals surface area contributed by atoms with Crippen LogP contribution in [0.25, 0.3) is 4.96 Å². The van der Waals surface area contributed by atoms with Crippen LogP contribution in [-0.4, -0.2) is 31.8 Å². The van der Waals surface area contributed by atoms with Crippen molar-refractivity contribution in [1.29, 1.82) is 0 Å². The van der Waals surface area contributed by atoms with Gasteiger partial charge in [0.1, 0.15) is 5.01 Å². The van der Waals surface area contributed by atoms with Crippen LogP contribution < -0.4 is 5.73 Å². The molecular weight excluding hydrogens is 254 g/mol. The third kappa shape index (κ3) is 2.19. The first kappa shape index (κ1) is 11.4. The van der Waals surface area contributed by atoms with Crippen LogP contribution in [0.4, 0.5) is 0 Å². The Bertz CT molecular complexity index is 516. The molecule has 0 bridgehead atoms. The molecular formula is C10H15N5S2. The minimum absolute atomic E-state index is 0.0289. The largest absolute Gasteiger partial charge is 0.322 e. The van der Waals surface area contributed by atoms with Gasteiger partial charge in [0.05, 0.1) is 6.04 Å². The van der Waals surface area contributed by atoms with E-state index in [2.05, 4.69) is 21.6 Å². The zero-order valence-electron chi connectivity index (χ0n) is 9.67. The molecule has 0 aromatic carbocycles. The van der Waals surface area contributed by atoms with Crippen molar-refractivity contribution in [1.82, 2.24) is 19.8 Å². The van der Waals surface area contributed by atoms with E-state index in [0.29, 0.717) is 5.92 Å². The average molecular weight is 269 g/mol. The molecule has 0 aliphatic heterocycles. The fourth-order valence-electron chi connectivity index (χ4n) is 1.76. The first-order valence-electron chi connectivity index (χ1n) is 5.76. The van der Waals surface area contributed by atoms with E-state index < -0.39 is 0 Å². The highest BCUT2D eigenvalue weighted by Crippen LogP contribution is 2.39. The summed E-state index contributed by atoms with van der Waals surface area (Å²) in [7, 11) is 0. The highest BCUT2D eigenvalue weighted by Gasteiger charge is 2.30. The molecule has 5 nitrogen and oxygen atoms in total. The Kier molecular flexibility index (Phi) is 3.06. The van der Waals surface area contributed by atoms with Gasteiger partial charge in [-0.25, -0.2) is 0 Å². The van der Waals surface area contributed by atoms with Crippen molar-refractivity contribution in [2.24, 2.45) is 5.73 Å². The molecule has 3 rings (SSSR count). The fourth-order valence-corrected chi connectivity index (χ4v) is 3.13. The first-order chi connectivity index (χ1) is 8.29. The van der Waals surface area contributed by atoms with Crippen molar-refractivity contribution >= 4 is 28.1 Å². The van der Waals surface area contributed by atoms with Crippen LogP contribution in [0.3, 0.4) is 0 Å². The Balaban J connectivity index is 1.85. The van der Waals surface area contributed by atoms with Gasteiger partial charge < -0.3 is 5.73 Å². The van der Waals surface area contributed by atoms with E-state index in [4.69, 9.17) is 5.73 Å². The maximum atomic E-state index is 6.12. The summed E-state index contributed by atoms with van der Waals surface area (Å²) in [6.45, 7) is 0. The van der Waals surface area contributed by atoms with Crippen LogP contribution in [0, 0.1) is 0 Å². The lowest BCUT2D eigenvalue weighted by atomic mass is 10.2. The van der Waals surface area contributed by atoms with E-state index in [0.717, 1.165) is 28.0 Å². The van der Waals surface area contributed by atoms with Gasteiger partial charge in [-0.3, -0.25) is 0 Å². The molecule has 1 aliphatic rings. The molecule has 2 heterocycles. The highest BCUT2D eigenvalue weighted by molar-refractivity contribution is 7.98. The Morgan fingerprint density at radius 3 is 3.06 bits per heavy atom. The molecule has 7 heteroatoms. The van der Waals surface area contributed by atoms with Crippen molar-refractivity contribution in [3.8, 4) is 0 Å². The van der Waals surface area contributed by atoms with Crippen molar-refractivity contribution in [2.45, 2.75) is 31.2 Å². The predicted molar refractivity (Wildman–Crippen MR) is 70.6 cm³/mol. The maximum absolute atomic E-state index is 6.12. The molecule has 0 spiro atoms. The van der Waals surface area contributed by atoms with E-state index in [1.165, 1.54) is 12.8 Å². The number of nitrogens with two attached hydrogens (primary N) is 1.